The number of nitrogens with zero attached hydrogens (tertiary/aromatic N) is 1. The van der Waals surface area contributed by atoms with Crippen LogP contribution in [0.5, 0.6) is 0 Å². The zero-order valence-electron chi connectivity index (χ0n) is 5.39. The molecule has 0 atom stereocenters. The molecule has 0 amide bonds. The summed E-state index contributed by atoms with van der Waals surface area (Å²) in [5, 5.41) is 3.62. The normalized spacial score (nSPS) is 10.7. The maximum Gasteiger partial charge on any atom is 0.153 e. The van der Waals surface area contributed by atoms with Gasteiger partial charge in [0.15, 0.2) is 5.76 Å². The van der Waals surface area contributed by atoms with Gasteiger partial charge in [0.25, 0.3) is 0 Å². The predicted molar refractivity (Wildman–Crippen MR) is 38.3 cm³/mol. The number of aromatic nitrogens is 1. The largest absolute Gasteiger partial charge is 0.360 e. The van der Waals surface area contributed by atoms with Crippen LogP contribution in [0, 0.1) is 0 Å². The minimum atomic E-state index is 0.405. The van der Waals surface area contributed by atoms with Crippen LogP contribution in [0.1, 0.15) is 25.5 Å². The first-order chi connectivity index (χ1) is 4.22. The zero-order chi connectivity index (χ0) is 6.85. The van der Waals surface area contributed by atoms with Crippen molar-refractivity contribution in [3.05, 3.63) is 16.4 Å². The molecular weight excluding hydrogens is 182 g/mol. The van der Waals surface area contributed by atoms with Gasteiger partial charge in [-0.25, -0.2) is 0 Å². The van der Waals surface area contributed by atoms with E-state index in [1.807, 2.05) is 0 Å². The van der Waals surface area contributed by atoms with Gasteiger partial charge < -0.3 is 4.52 Å². The summed E-state index contributed by atoms with van der Waals surface area (Å²) >= 11 is 3.31. The van der Waals surface area contributed by atoms with Crippen LogP contribution in [-0.2, 0) is 0 Å². The van der Waals surface area contributed by atoms with Crippen LogP contribution in [0.25, 0.3) is 0 Å². The molecule has 0 spiro atoms. The fourth-order valence-electron chi connectivity index (χ4n) is 0.618. The minimum Gasteiger partial charge on any atom is -0.360 e. The van der Waals surface area contributed by atoms with Gasteiger partial charge >= 0.3 is 0 Å². The molecule has 9 heavy (non-hydrogen) atoms. The molecule has 0 unspecified atom stereocenters. The van der Waals surface area contributed by atoms with E-state index in [0.29, 0.717) is 5.92 Å². The molecular formula is C6H8BrNO. The standard InChI is InChI=1S/C6H8BrNO/c1-4(2)6-5(7)3-8-9-6/h3-4H,1-2H3. The van der Waals surface area contributed by atoms with E-state index in [4.69, 9.17) is 4.52 Å². The van der Waals surface area contributed by atoms with E-state index >= 15 is 0 Å². The van der Waals surface area contributed by atoms with Crippen molar-refractivity contribution in [3.63, 3.8) is 0 Å². The minimum absolute atomic E-state index is 0.405. The molecule has 0 aromatic carbocycles. The fourth-order valence-corrected chi connectivity index (χ4v) is 1.23. The van der Waals surface area contributed by atoms with Crippen LogP contribution < -0.4 is 0 Å². The third-order valence-corrected chi connectivity index (χ3v) is 1.67. The van der Waals surface area contributed by atoms with Crippen LogP contribution in [0.4, 0.5) is 0 Å². The Bertz CT molecular complexity index is 195. The van der Waals surface area contributed by atoms with Crippen molar-refractivity contribution < 1.29 is 4.52 Å². The molecule has 1 rings (SSSR count). The second-order valence-corrected chi connectivity index (χ2v) is 3.05. The molecule has 0 saturated carbocycles. The lowest BCUT2D eigenvalue weighted by atomic mass is 10.2. The number of hydrogen-bond donors (Lipinski definition) is 0. The van der Waals surface area contributed by atoms with Crippen molar-refractivity contribution in [1.82, 2.24) is 5.16 Å². The van der Waals surface area contributed by atoms with Crippen molar-refractivity contribution in [1.29, 1.82) is 0 Å². The summed E-state index contributed by atoms with van der Waals surface area (Å²) in [6.07, 6.45) is 1.66. The van der Waals surface area contributed by atoms with Gasteiger partial charge in [0.2, 0.25) is 0 Å². The molecule has 1 aromatic rings. The lowest BCUT2D eigenvalue weighted by molar-refractivity contribution is 0.370. The molecule has 0 saturated heterocycles. The number of hydrogen-bond acceptors (Lipinski definition) is 2. The van der Waals surface area contributed by atoms with Gasteiger partial charge in [-0.15, -0.1) is 0 Å². The molecule has 1 aromatic heterocycles. The Morgan fingerprint density at radius 2 is 2.33 bits per heavy atom. The maximum absolute atomic E-state index is 4.93. The van der Waals surface area contributed by atoms with Crippen molar-refractivity contribution in [2.45, 2.75) is 19.8 Å². The van der Waals surface area contributed by atoms with Gasteiger partial charge in [-0.3, -0.25) is 0 Å². The Balaban J connectivity index is 2.94. The number of halogens is 1. The monoisotopic (exact) mass is 189 g/mol. The van der Waals surface area contributed by atoms with Gasteiger partial charge in [0.05, 0.1) is 10.7 Å². The average Bonchev–Trinajstić information content (AvgIpc) is 2.13. The molecule has 0 N–H and O–H groups in total. The summed E-state index contributed by atoms with van der Waals surface area (Å²) < 4.78 is 5.88. The molecule has 0 radical (unpaired) electrons. The first-order valence-electron chi connectivity index (χ1n) is 2.82. The summed E-state index contributed by atoms with van der Waals surface area (Å²) in [6.45, 7) is 4.12. The van der Waals surface area contributed by atoms with E-state index in [1.165, 1.54) is 0 Å². The van der Waals surface area contributed by atoms with Crippen molar-refractivity contribution in [2.24, 2.45) is 0 Å². The quantitative estimate of drug-likeness (QED) is 0.680. The van der Waals surface area contributed by atoms with E-state index in [-0.39, 0.29) is 0 Å². The van der Waals surface area contributed by atoms with Crippen molar-refractivity contribution in [3.8, 4) is 0 Å². The lowest BCUT2D eigenvalue weighted by Crippen LogP contribution is -1.82. The predicted octanol–water partition coefficient (Wildman–Crippen LogP) is 2.56. The van der Waals surface area contributed by atoms with Crippen LogP contribution in [0.15, 0.2) is 15.2 Å². The molecule has 0 aliphatic heterocycles. The zero-order valence-corrected chi connectivity index (χ0v) is 6.97. The van der Waals surface area contributed by atoms with Gasteiger partial charge in [0.1, 0.15) is 0 Å². The fraction of sp³-hybridized carbons (Fsp3) is 0.500. The molecule has 0 fully saturated rings. The van der Waals surface area contributed by atoms with Gasteiger partial charge in [-0.05, 0) is 15.9 Å². The molecule has 0 bridgehead atoms. The second-order valence-electron chi connectivity index (χ2n) is 2.19. The lowest BCUT2D eigenvalue weighted by Gasteiger charge is -1.95. The summed E-state index contributed by atoms with van der Waals surface area (Å²) in [6, 6.07) is 0. The van der Waals surface area contributed by atoms with E-state index < -0.39 is 0 Å². The summed E-state index contributed by atoms with van der Waals surface area (Å²) in [5.41, 5.74) is 0. The van der Waals surface area contributed by atoms with Gasteiger partial charge in [-0.2, -0.15) is 0 Å². The van der Waals surface area contributed by atoms with E-state index in [1.54, 1.807) is 6.20 Å². The first-order valence-corrected chi connectivity index (χ1v) is 3.61. The summed E-state index contributed by atoms with van der Waals surface area (Å²) in [4.78, 5) is 0. The van der Waals surface area contributed by atoms with Crippen LogP contribution in [0.2, 0.25) is 0 Å². The third-order valence-electron chi connectivity index (χ3n) is 1.08. The average molecular weight is 190 g/mol. The highest BCUT2D eigenvalue weighted by Gasteiger charge is 2.07. The smallest absolute Gasteiger partial charge is 0.153 e. The highest BCUT2D eigenvalue weighted by Crippen LogP contribution is 2.23. The Morgan fingerprint density at radius 1 is 1.67 bits per heavy atom. The topological polar surface area (TPSA) is 26.0 Å². The Labute approximate surface area is 62.4 Å². The highest BCUT2D eigenvalue weighted by atomic mass is 79.9. The third kappa shape index (κ3) is 1.33. The molecule has 2 nitrogen and oxygen atoms in total. The van der Waals surface area contributed by atoms with E-state index in [0.717, 1.165) is 10.2 Å². The van der Waals surface area contributed by atoms with E-state index in [9.17, 15) is 0 Å². The van der Waals surface area contributed by atoms with Gasteiger partial charge in [-0.1, -0.05) is 19.0 Å². The molecule has 1 heterocycles. The second kappa shape index (κ2) is 2.52. The Hall–Kier alpha value is -0.310. The van der Waals surface area contributed by atoms with Crippen LogP contribution in [-0.4, -0.2) is 5.16 Å². The Kier molecular flexibility index (Phi) is 1.90. The van der Waals surface area contributed by atoms with E-state index in [2.05, 4.69) is 34.9 Å². The summed E-state index contributed by atoms with van der Waals surface area (Å²) in [7, 11) is 0. The molecule has 50 valence electrons. The van der Waals surface area contributed by atoms with Crippen LogP contribution in [0.3, 0.4) is 0 Å². The molecule has 3 heteroatoms. The molecule has 0 aliphatic carbocycles. The first kappa shape index (κ1) is 6.81. The Morgan fingerprint density at radius 3 is 2.56 bits per heavy atom. The van der Waals surface area contributed by atoms with Gasteiger partial charge in [0, 0.05) is 5.92 Å². The van der Waals surface area contributed by atoms with Crippen molar-refractivity contribution in [2.75, 3.05) is 0 Å². The number of rotatable bonds is 1. The van der Waals surface area contributed by atoms with Crippen LogP contribution >= 0.6 is 15.9 Å². The maximum atomic E-state index is 4.93. The van der Waals surface area contributed by atoms with Crippen molar-refractivity contribution >= 4 is 15.9 Å². The highest BCUT2D eigenvalue weighted by molar-refractivity contribution is 9.10. The summed E-state index contributed by atoms with van der Waals surface area (Å²) in [5.74, 6) is 1.32. The SMILES string of the molecule is CC(C)c1oncc1Br. The molecule has 0 aliphatic rings.